The first-order chi connectivity index (χ1) is 16.6. The summed E-state index contributed by atoms with van der Waals surface area (Å²) in [6.07, 6.45) is 0.884. The molecule has 0 unspecified atom stereocenters. The predicted molar refractivity (Wildman–Crippen MR) is 124 cm³/mol. The number of sulfonamides is 1. The summed E-state index contributed by atoms with van der Waals surface area (Å²) in [5.41, 5.74) is 1.93. The van der Waals surface area contributed by atoms with Crippen LogP contribution in [-0.2, 0) is 16.6 Å². The lowest BCUT2D eigenvalue weighted by molar-refractivity contribution is -0.126. The molecule has 1 aromatic carbocycles. The summed E-state index contributed by atoms with van der Waals surface area (Å²) in [6.45, 7) is -0.824. The molecule has 12 heteroatoms. The number of benzene rings is 1. The average molecular weight is 510 g/mol. The van der Waals surface area contributed by atoms with Crippen LogP contribution in [0.2, 0.25) is 0 Å². The van der Waals surface area contributed by atoms with Gasteiger partial charge in [-0.15, -0.1) is 0 Å². The standard InChI is InChI=1S/C23H26F3N5O3S/c24-23(25,26)14-29-17-3-5-18(6-4-17)31-35(33,34)19-7-1-15(2-8-19)12-28-22(32)21-11-16-13-27-10-9-20(16)30-21/h1-2,7-11,13,17-18,29-31H,3-6,12,14H2,(H,28,32)/t17-,18-. The molecule has 2 heterocycles. The van der Waals surface area contributed by atoms with Crippen LogP contribution in [0.15, 0.2) is 53.7 Å². The number of pyridine rings is 1. The van der Waals surface area contributed by atoms with Crippen LogP contribution in [0.5, 0.6) is 0 Å². The number of carbonyl (C=O) groups is 1. The number of H-pyrrole nitrogens is 1. The molecule has 1 fully saturated rings. The Bertz CT molecular complexity index is 1230. The number of aromatic amines is 1. The van der Waals surface area contributed by atoms with E-state index in [1.807, 2.05) is 0 Å². The minimum atomic E-state index is -4.26. The van der Waals surface area contributed by atoms with E-state index in [0.717, 1.165) is 16.5 Å². The van der Waals surface area contributed by atoms with Gasteiger partial charge in [0, 0.05) is 41.9 Å². The maximum atomic E-state index is 12.7. The van der Waals surface area contributed by atoms with Gasteiger partial charge in [0.25, 0.3) is 5.91 Å². The van der Waals surface area contributed by atoms with Gasteiger partial charge in [-0.25, -0.2) is 13.1 Å². The lowest BCUT2D eigenvalue weighted by Gasteiger charge is -2.29. The second-order valence-electron chi connectivity index (χ2n) is 8.64. The molecule has 3 aromatic rings. The first-order valence-corrected chi connectivity index (χ1v) is 12.7. The SMILES string of the molecule is O=C(NCc1ccc(S(=O)(=O)N[C@H]2CC[C@H](NCC(F)(F)F)CC2)cc1)c1cc2cnccc2[nH]1. The molecule has 0 aliphatic heterocycles. The highest BCUT2D eigenvalue weighted by atomic mass is 32.2. The van der Waals surface area contributed by atoms with Gasteiger partial charge in [0.15, 0.2) is 0 Å². The van der Waals surface area contributed by atoms with E-state index in [-0.39, 0.29) is 29.4 Å². The highest BCUT2D eigenvalue weighted by molar-refractivity contribution is 7.89. The smallest absolute Gasteiger partial charge is 0.350 e. The van der Waals surface area contributed by atoms with Crippen molar-refractivity contribution in [2.45, 2.75) is 55.4 Å². The fourth-order valence-electron chi connectivity index (χ4n) is 4.12. The van der Waals surface area contributed by atoms with Crippen molar-refractivity contribution < 1.29 is 26.4 Å². The van der Waals surface area contributed by atoms with Crippen molar-refractivity contribution in [1.29, 1.82) is 0 Å². The summed E-state index contributed by atoms with van der Waals surface area (Å²) >= 11 is 0. The fourth-order valence-corrected chi connectivity index (χ4v) is 5.43. The van der Waals surface area contributed by atoms with E-state index in [1.165, 1.54) is 12.1 Å². The number of aromatic nitrogens is 2. The van der Waals surface area contributed by atoms with Gasteiger partial charge in [-0.1, -0.05) is 12.1 Å². The van der Waals surface area contributed by atoms with Crippen LogP contribution < -0.4 is 15.4 Å². The second kappa shape index (κ2) is 10.3. The zero-order valence-electron chi connectivity index (χ0n) is 18.7. The average Bonchev–Trinajstić information content (AvgIpc) is 3.26. The van der Waals surface area contributed by atoms with Crippen LogP contribution in [0, 0.1) is 0 Å². The lowest BCUT2D eigenvalue weighted by atomic mass is 9.92. The Hall–Kier alpha value is -2.96. The van der Waals surface area contributed by atoms with Gasteiger partial charge < -0.3 is 15.6 Å². The molecule has 1 amide bonds. The summed E-state index contributed by atoms with van der Waals surface area (Å²) < 4.78 is 65.2. The molecule has 0 bridgehead atoms. The highest BCUT2D eigenvalue weighted by Crippen LogP contribution is 2.22. The first kappa shape index (κ1) is 25.1. The van der Waals surface area contributed by atoms with Gasteiger partial charge in [0.1, 0.15) is 5.69 Å². The monoisotopic (exact) mass is 509 g/mol. The zero-order chi connectivity index (χ0) is 25.1. The number of rotatable bonds is 8. The molecule has 1 aliphatic carbocycles. The molecule has 2 aromatic heterocycles. The number of carbonyl (C=O) groups excluding carboxylic acids is 1. The quantitative estimate of drug-likeness (QED) is 0.372. The molecule has 1 saturated carbocycles. The molecule has 0 radical (unpaired) electrons. The first-order valence-electron chi connectivity index (χ1n) is 11.2. The highest BCUT2D eigenvalue weighted by Gasteiger charge is 2.30. The number of hydrogen-bond donors (Lipinski definition) is 4. The molecule has 8 nitrogen and oxygen atoms in total. The fraction of sp³-hybridized carbons (Fsp3) is 0.391. The van der Waals surface area contributed by atoms with Gasteiger partial charge in [-0.2, -0.15) is 13.2 Å². The van der Waals surface area contributed by atoms with Crippen LogP contribution in [-0.4, -0.2) is 49.1 Å². The van der Waals surface area contributed by atoms with Crippen molar-refractivity contribution in [3.63, 3.8) is 0 Å². The number of fused-ring (bicyclic) bond motifs is 1. The lowest BCUT2D eigenvalue weighted by Crippen LogP contribution is -2.44. The Kier molecular flexibility index (Phi) is 7.43. The Labute approximate surface area is 200 Å². The largest absolute Gasteiger partial charge is 0.401 e. The molecule has 4 N–H and O–H groups in total. The summed E-state index contributed by atoms with van der Waals surface area (Å²) in [6, 6.07) is 9.07. The summed E-state index contributed by atoms with van der Waals surface area (Å²) in [4.78, 5) is 19.5. The Morgan fingerprint density at radius 3 is 2.40 bits per heavy atom. The number of alkyl halides is 3. The predicted octanol–water partition coefficient (Wildman–Crippen LogP) is 3.23. The number of halogens is 3. The van der Waals surface area contributed by atoms with Gasteiger partial charge in [-0.3, -0.25) is 9.78 Å². The number of nitrogens with one attached hydrogen (secondary N) is 4. The topological polar surface area (TPSA) is 116 Å². The Balaban J connectivity index is 1.27. The molecular formula is C23H26F3N5O3S. The summed E-state index contributed by atoms with van der Waals surface area (Å²) in [7, 11) is -3.77. The van der Waals surface area contributed by atoms with Crippen LogP contribution in [0.4, 0.5) is 13.2 Å². The van der Waals surface area contributed by atoms with E-state index in [2.05, 4.69) is 25.3 Å². The van der Waals surface area contributed by atoms with Crippen molar-refractivity contribution in [2.75, 3.05) is 6.54 Å². The molecule has 0 atom stereocenters. The van der Waals surface area contributed by atoms with Gasteiger partial charge in [0.05, 0.1) is 11.4 Å². The molecule has 1 aliphatic rings. The molecule has 35 heavy (non-hydrogen) atoms. The van der Waals surface area contributed by atoms with Gasteiger partial charge in [-0.05, 0) is 55.5 Å². The van der Waals surface area contributed by atoms with Crippen LogP contribution in [0.25, 0.3) is 10.9 Å². The third-order valence-corrected chi connectivity index (χ3v) is 7.53. The van der Waals surface area contributed by atoms with Crippen molar-refractivity contribution in [3.8, 4) is 0 Å². The van der Waals surface area contributed by atoms with Gasteiger partial charge in [0.2, 0.25) is 10.0 Å². The summed E-state index contributed by atoms with van der Waals surface area (Å²) in [5, 5.41) is 6.10. The van der Waals surface area contributed by atoms with E-state index in [4.69, 9.17) is 0 Å². The van der Waals surface area contributed by atoms with Crippen LogP contribution in [0.1, 0.15) is 41.7 Å². The van der Waals surface area contributed by atoms with E-state index >= 15 is 0 Å². The normalized spacial score (nSPS) is 19.1. The van der Waals surface area contributed by atoms with Crippen LogP contribution >= 0.6 is 0 Å². The summed E-state index contributed by atoms with van der Waals surface area (Å²) in [5.74, 6) is -0.292. The van der Waals surface area contributed by atoms with Crippen molar-refractivity contribution in [1.82, 2.24) is 25.3 Å². The van der Waals surface area contributed by atoms with E-state index < -0.39 is 22.7 Å². The third kappa shape index (κ3) is 6.80. The van der Waals surface area contributed by atoms with E-state index in [1.54, 1.807) is 36.7 Å². The maximum absolute atomic E-state index is 12.7. The van der Waals surface area contributed by atoms with Crippen molar-refractivity contribution >= 4 is 26.8 Å². The Morgan fingerprint density at radius 1 is 1.06 bits per heavy atom. The molecule has 0 saturated heterocycles. The van der Waals surface area contributed by atoms with Gasteiger partial charge >= 0.3 is 6.18 Å². The molecule has 188 valence electrons. The number of nitrogens with zero attached hydrogens (tertiary/aromatic N) is 1. The minimum absolute atomic E-state index is 0.0908. The van der Waals surface area contributed by atoms with Crippen LogP contribution in [0.3, 0.4) is 0 Å². The third-order valence-electron chi connectivity index (χ3n) is 5.99. The number of amides is 1. The molecule has 0 spiro atoms. The molecule has 4 rings (SSSR count). The zero-order valence-corrected chi connectivity index (χ0v) is 19.5. The van der Waals surface area contributed by atoms with E-state index in [0.29, 0.717) is 31.4 Å². The van der Waals surface area contributed by atoms with E-state index in [9.17, 15) is 26.4 Å². The van der Waals surface area contributed by atoms with Crippen molar-refractivity contribution in [3.05, 3.63) is 60.0 Å². The van der Waals surface area contributed by atoms with Crippen molar-refractivity contribution in [2.24, 2.45) is 0 Å². The molecular weight excluding hydrogens is 483 g/mol. The minimum Gasteiger partial charge on any atom is -0.350 e. The second-order valence-corrected chi connectivity index (χ2v) is 10.4. The Morgan fingerprint density at radius 2 is 1.74 bits per heavy atom. The number of hydrogen-bond acceptors (Lipinski definition) is 5. The maximum Gasteiger partial charge on any atom is 0.401 e.